The minimum absolute atomic E-state index is 0.154. The van der Waals surface area contributed by atoms with E-state index in [9.17, 15) is 14.7 Å². The van der Waals surface area contributed by atoms with Gasteiger partial charge in [0.1, 0.15) is 11.5 Å². The summed E-state index contributed by atoms with van der Waals surface area (Å²) in [7, 11) is 0. The summed E-state index contributed by atoms with van der Waals surface area (Å²) in [5, 5.41) is 12.8. The predicted octanol–water partition coefficient (Wildman–Crippen LogP) is 3.08. The molecule has 4 N–H and O–H groups in total. The van der Waals surface area contributed by atoms with Gasteiger partial charge in [-0.2, -0.15) is 0 Å². The molecular weight excluding hydrogens is 394 g/mol. The van der Waals surface area contributed by atoms with Crippen LogP contribution in [-0.2, 0) is 9.59 Å². The van der Waals surface area contributed by atoms with Crippen molar-refractivity contribution in [2.24, 2.45) is 5.73 Å². The van der Waals surface area contributed by atoms with E-state index in [0.717, 1.165) is 17.5 Å². The van der Waals surface area contributed by atoms with E-state index in [1.54, 1.807) is 13.0 Å². The summed E-state index contributed by atoms with van der Waals surface area (Å²) in [4.78, 5) is 24.7. The average Bonchev–Trinajstić information content (AvgIpc) is 2.77. The summed E-state index contributed by atoms with van der Waals surface area (Å²) < 4.78 is 5.94. The van der Waals surface area contributed by atoms with Crippen molar-refractivity contribution in [3.05, 3.63) is 59.7 Å². The molecule has 0 saturated heterocycles. The number of ether oxygens (including phenoxy) is 1. The van der Waals surface area contributed by atoms with E-state index in [2.05, 4.69) is 5.32 Å². The van der Waals surface area contributed by atoms with Crippen LogP contribution < -0.4 is 20.7 Å². The molecule has 7 heteroatoms. The number of hydrogen-bond donors (Lipinski definition) is 3. The molecule has 2 atom stereocenters. The summed E-state index contributed by atoms with van der Waals surface area (Å²) in [5.41, 5.74) is 7.68. The molecule has 2 unspecified atom stereocenters. The van der Waals surface area contributed by atoms with Gasteiger partial charge < -0.3 is 25.8 Å². The van der Waals surface area contributed by atoms with Crippen LogP contribution in [0.3, 0.4) is 0 Å². The van der Waals surface area contributed by atoms with E-state index in [4.69, 9.17) is 10.5 Å². The maximum atomic E-state index is 12.0. The van der Waals surface area contributed by atoms with Gasteiger partial charge in [0.2, 0.25) is 12.3 Å². The molecule has 2 amide bonds. The summed E-state index contributed by atoms with van der Waals surface area (Å²) in [6.07, 6.45) is 3.26. The van der Waals surface area contributed by atoms with Gasteiger partial charge in [0.05, 0.1) is 24.4 Å². The summed E-state index contributed by atoms with van der Waals surface area (Å²) in [6, 6.07) is 14.1. The second-order valence-electron chi connectivity index (χ2n) is 7.39. The number of nitrogens with zero attached hydrogens (tertiary/aromatic N) is 1. The molecule has 2 aromatic carbocycles. The predicted molar refractivity (Wildman–Crippen MR) is 123 cm³/mol. The number of nitrogens with one attached hydrogen (secondary N) is 1. The van der Waals surface area contributed by atoms with E-state index >= 15 is 0 Å². The van der Waals surface area contributed by atoms with Gasteiger partial charge in [0, 0.05) is 12.6 Å². The smallest absolute Gasteiger partial charge is 0.234 e. The first kappa shape index (κ1) is 24.1. The number of aliphatic hydroxyl groups excluding tert-OH is 1. The van der Waals surface area contributed by atoms with Gasteiger partial charge in [0.15, 0.2) is 0 Å². The molecule has 2 rings (SSSR count). The number of aliphatic hydroxyl groups is 1. The van der Waals surface area contributed by atoms with E-state index in [0.29, 0.717) is 30.2 Å². The highest BCUT2D eigenvalue weighted by atomic mass is 16.5. The minimum atomic E-state index is -0.449. The number of para-hydroxylation sites is 1. The van der Waals surface area contributed by atoms with Gasteiger partial charge in [-0.1, -0.05) is 36.8 Å². The van der Waals surface area contributed by atoms with Crippen LogP contribution in [0.1, 0.15) is 32.8 Å². The maximum Gasteiger partial charge on any atom is 0.234 e. The lowest BCUT2D eigenvalue weighted by molar-refractivity contribution is -0.119. The van der Waals surface area contributed by atoms with E-state index in [-0.39, 0.29) is 12.6 Å². The van der Waals surface area contributed by atoms with Gasteiger partial charge in [-0.25, -0.2) is 0 Å². The monoisotopic (exact) mass is 425 g/mol. The fourth-order valence-corrected chi connectivity index (χ4v) is 3.04. The molecule has 0 aromatic heterocycles. The Hall–Kier alpha value is -3.16. The van der Waals surface area contributed by atoms with Crippen molar-refractivity contribution in [2.75, 3.05) is 18.1 Å². The first-order valence-electron chi connectivity index (χ1n) is 10.3. The standard InChI is InChI=1S/C24H31N3O4/c1-4-20(15-28)27(16-29)23-13-22(31-21-8-6-5-7-9-21)11-10-19(23)12-17(2)14-26-18(3)24(25)30/h5-13,16,18,20,26,28H,4,14-15H2,1-3H3,(H2,25,30)/b17-12+. The van der Waals surface area contributed by atoms with Crippen LogP contribution in [-0.4, -0.2) is 42.7 Å². The lowest BCUT2D eigenvalue weighted by atomic mass is 10.1. The second kappa shape index (κ2) is 11.9. The Morgan fingerprint density at radius 3 is 2.52 bits per heavy atom. The number of carbonyl (C=O) groups excluding carboxylic acids is 2. The lowest BCUT2D eigenvalue weighted by Crippen LogP contribution is -2.39. The van der Waals surface area contributed by atoms with Crippen molar-refractivity contribution < 1.29 is 19.4 Å². The zero-order valence-electron chi connectivity index (χ0n) is 18.2. The largest absolute Gasteiger partial charge is 0.457 e. The van der Waals surface area contributed by atoms with E-state index in [1.807, 2.05) is 62.4 Å². The van der Waals surface area contributed by atoms with E-state index in [1.165, 1.54) is 4.90 Å². The third kappa shape index (κ3) is 6.94. The number of primary amides is 1. The molecule has 0 aliphatic rings. The molecule has 0 heterocycles. The molecule has 7 nitrogen and oxygen atoms in total. The number of benzene rings is 2. The van der Waals surface area contributed by atoms with Gasteiger partial charge >= 0.3 is 0 Å². The number of carbonyl (C=O) groups is 2. The number of anilines is 1. The average molecular weight is 426 g/mol. The van der Waals surface area contributed by atoms with Crippen LogP contribution in [0.25, 0.3) is 6.08 Å². The van der Waals surface area contributed by atoms with Crippen molar-refractivity contribution >= 4 is 24.1 Å². The number of rotatable bonds is 12. The highest BCUT2D eigenvalue weighted by molar-refractivity contribution is 5.83. The van der Waals surface area contributed by atoms with Crippen LogP contribution in [0.15, 0.2) is 54.1 Å². The third-order valence-corrected chi connectivity index (χ3v) is 4.96. The van der Waals surface area contributed by atoms with Crippen molar-refractivity contribution in [1.29, 1.82) is 0 Å². The second-order valence-corrected chi connectivity index (χ2v) is 7.39. The SMILES string of the molecule is CCC(CO)N(C=O)c1cc(Oc2ccccc2)ccc1/C=C(\C)CNC(C)C(N)=O. The van der Waals surface area contributed by atoms with Crippen LogP contribution in [0.4, 0.5) is 5.69 Å². The lowest BCUT2D eigenvalue weighted by Gasteiger charge is -2.28. The van der Waals surface area contributed by atoms with Gasteiger partial charge in [-0.3, -0.25) is 9.59 Å². The Kier molecular flexibility index (Phi) is 9.24. The highest BCUT2D eigenvalue weighted by Crippen LogP contribution is 2.31. The van der Waals surface area contributed by atoms with E-state index < -0.39 is 11.9 Å². The topological polar surface area (TPSA) is 105 Å². The summed E-state index contributed by atoms with van der Waals surface area (Å²) >= 11 is 0. The van der Waals surface area contributed by atoms with Crippen molar-refractivity contribution in [3.8, 4) is 11.5 Å². The van der Waals surface area contributed by atoms with Crippen LogP contribution in [0.2, 0.25) is 0 Å². The molecule has 0 aliphatic carbocycles. The Labute approximate surface area is 183 Å². The molecule has 166 valence electrons. The van der Waals surface area contributed by atoms with Crippen LogP contribution in [0.5, 0.6) is 11.5 Å². The number of hydrogen-bond acceptors (Lipinski definition) is 5. The molecule has 31 heavy (non-hydrogen) atoms. The normalized spacial score (nSPS) is 13.4. The van der Waals surface area contributed by atoms with Crippen molar-refractivity contribution in [2.45, 2.75) is 39.3 Å². The minimum Gasteiger partial charge on any atom is -0.457 e. The zero-order chi connectivity index (χ0) is 22.8. The number of amides is 2. The molecule has 2 aromatic rings. The Morgan fingerprint density at radius 2 is 1.94 bits per heavy atom. The molecule has 0 fully saturated rings. The quantitative estimate of drug-likeness (QED) is 0.453. The number of nitrogens with two attached hydrogens (primary N) is 1. The van der Waals surface area contributed by atoms with Crippen LogP contribution in [0, 0.1) is 0 Å². The fourth-order valence-electron chi connectivity index (χ4n) is 3.04. The fraction of sp³-hybridized carbons (Fsp3) is 0.333. The highest BCUT2D eigenvalue weighted by Gasteiger charge is 2.19. The maximum absolute atomic E-state index is 12.0. The molecule has 0 spiro atoms. The molecule has 0 bridgehead atoms. The van der Waals surface area contributed by atoms with Crippen molar-refractivity contribution in [1.82, 2.24) is 5.32 Å². The van der Waals surface area contributed by atoms with Gasteiger partial charge in [-0.15, -0.1) is 0 Å². The third-order valence-electron chi connectivity index (χ3n) is 4.96. The summed E-state index contributed by atoms with van der Waals surface area (Å²) in [5.74, 6) is 0.845. The molecule has 0 saturated carbocycles. The Morgan fingerprint density at radius 1 is 1.23 bits per heavy atom. The zero-order valence-corrected chi connectivity index (χ0v) is 18.2. The molecular formula is C24H31N3O4. The first-order valence-corrected chi connectivity index (χ1v) is 10.3. The summed E-state index contributed by atoms with van der Waals surface area (Å²) in [6.45, 7) is 5.85. The van der Waals surface area contributed by atoms with Gasteiger partial charge in [-0.05, 0) is 50.1 Å². The van der Waals surface area contributed by atoms with Gasteiger partial charge in [0.25, 0.3) is 0 Å². The Balaban J connectivity index is 2.39. The van der Waals surface area contributed by atoms with Crippen molar-refractivity contribution in [3.63, 3.8) is 0 Å². The molecule has 0 radical (unpaired) electrons. The Bertz CT molecular complexity index is 895. The molecule has 0 aliphatic heterocycles. The first-order chi connectivity index (χ1) is 14.9. The van der Waals surface area contributed by atoms with Crippen LogP contribution >= 0.6 is 0 Å².